The number of fused-ring (bicyclic) bond motifs is 1. The van der Waals surface area contributed by atoms with Crippen LogP contribution in [0.3, 0.4) is 0 Å². The van der Waals surface area contributed by atoms with Crippen molar-refractivity contribution < 1.29 is 18.2 Å². The van der Waals surface area contributed by atoms with Gasteiger partial charge >= 0.3 is 42.8 Å². The SMILES string of the molecule is C[C]1C=Cc2ccccc21.[Br][Hf][Br]. The second-order valence-corrected chi connectivity index (χ2v) is 18.4. The molecule has 0 saturated carbocycles. The molecule has 0 nitrogen and oxygen atoms in total. The van der Waals surface area contributed by atoms with Crippen molar-refractivity contribution in [1.29, 1.82) is 0 Å². The second-order valence-electron chi connectivity index (χ2n) is 2.68. The van der Waals surface area contributed by atoms with Gasteiger partial charge in [-0.1, -0.05) is 43.3 Å². The molecule has 3 heteroatoms. The van der Waals surface area contributed by atoms with Crippen molar-refractivity contribution in [2.24, 2.45) is 0 Å². The van der Waals surface area contributed by atoms with E-state index in [4.69, 9.17) is 0 Å². The predicted molar refractivity (Wildman–Crippen MR) is 61.3 cm³/mol. The Morgan fingerprint density at radius 2 is 1.69 bits per heavy atom. The van der Waals surface area contributed by atoms with Crippen LogP contribution in [0.25, 0.3) is 6.08 Å². The zero-order valence-corrected chi connectivity index (χ0v) is 14.0. The zero-order chi connectivity index (χ0) is 9.68. The standard InChI is InChI=1S/C10H9.2BrH.Hf/c1-8-6-7-9-4-2-3-5-10(8)9;;;/h2-7H,1H3;2*1H;/q;;;+2/p-2. The molecule has 0 aliphatic heterocycles. The topological polar surface area (TPSA) is 0 Å². The summed E-state index contributed by atoms with van der Waals surface area (Å²) in [5.41, 5.74) is 2.72. The van der Waals surface area contributed by atoms with E-state index in [1.165, 1.54) is 17.0 Å². The van der Waals surface area contributed by atoms with E-state index in [1.807, 2.05) is 0 Å². The van der Waals surface area contributed by atoms with Crippen LogP contribution in [0.4, 0.5) is 0 Å². The van der Waals surface area contributed by atoms with Crippen molar-refractivity contribution in [3.63, 3.8) is 0 Å². The summed E-state index contributed by atoms with van der Waals surface area (Å²) in [5, 5.41) is 0. The van der Waals surface area contributed by atoms with Crippen LogP contribution in [-0.4, -0.2) is 0 Å². The van der Waals surface area contributed by atoms with Crippen LogP contribution in [0.5, 0.6) is 0 Å². The Morgan fingerprint density at radius 1 is 1.08 bits per heavy atom. The first-order valence-electron chi connectivity index (χ1n) is 3.87. The fourth-order valence-corrected chi connectivity index (χ4v) is 1.31. The monoisotopic (exact) mass is 467 g/mol. The first-order chi connectivity index (χ1) is 6.29. The summed E-state index contributed by atoms with van der Waals surface area (Å²) in [6.45, 7) is 2.14. The van der Waals surface area contributed by atoms with Crippen molar-refractivity contribution in [1.82, 2.24) is 0 Å². The van der Waals surface area contributed by atoms with Crippen molar-refractivity contribution in [2.45, 2.75) is 6.92 Å². The van der Waals surface area contributed by atoms with Gasteiger partial charge in [-0.15, -0.1) is 0 Å². The third kappa shape index (κ3) is 3.45. The number of halogens is 2. The molecule has 2 rings (SSSR count). The second kappa shape index (κ2) is 6.31. The quantitative estimate of drug-likeness (QED) is 0.498. The van der Waals surface area contributed by atoms with Gasteiger partial charge in [0.05, 0.1) is 0 Å². The molecule has 67 valence electrons. The molecule has 0 amide bonds. The summed E-state index contributed by atoms with van der Waals surface area (Å²) in [5.74, 6) is 1.37. The molecule has 13 heavy (non-hydrogen) atoms. The summed E-state index contributed by atoms with van der Waals surface area (Å²) >= 11 is 6.22. The van der Waals surface area contributed by atoms with Gasteiger partial charge in [-0.25, -0.2) is 0 Å². The third-order valence-corrected chi connectivity index (χ3v) is 1.90. The minimum atomic E-state index is -0.292. The van der Waals surface area contributed by atoms with Crippen molar-refractivity contribution in [3.05, 3.63) is 47.4 Å². The number of allylic oxidation sites excluding steroid dienone is 1. The van der Waals surface area contributed by atoms with Crippen LogP contribution < -0.4 is 0 Å². The molecule has 1 radical (unpaired) electrons. The van der Waals surface area contributed by atoms with E-state index in [0.29, 0.717) is 0 Å². The van der Waals surface area contributed by atoms with E-state index >= 15 is 0 Å². The fourth-order valence-electron chi connectivity index (χ4n) is 1.31. The van der Waals surface area contributed by atoms with Crippen molar-refractivity contribution >= 4 is 30.7 Å². The molecule has 1 aliphatic rings. The van der Waals surface area contributed by atoms with Gasteiger partial charge in [0.15, 0.2) is 0 Å². The van der Waals surface area contributed by atoms with Crippen molar-refractivity contribution in [2.75, 3.05) is 0 Å². The molecular weight excluding hydrogens is 458 g/mol. The molecule has 1 aromatic carbocycles. The van der Waals surface area contributed by atoms with E-state index in [9.17, 15) is 0 Å². The van der Waals surface area contributed by atoms with Gasteiger partial charge in [0.1, 0.15) is 0 Å². The Kier molecular flexibility index (Phi) is 5.75. The summed E-state index contributed by atoms with van der Waals surface area (Å²) < 4.78 is 0. The van der Waals surface area contributed by atoms with E-state index in [1.54, 1.807) is 0 Å². The average molecular weight is 467 g/mol. The van der Waals surface area contributed by atoms with E-state index < -0.39 is 0 Å². The minimum absolute atomic E-state index is 0.292. The third-order valence-electron chi connectivity index (χ3n) is 1.90. The van der Waals surface area contributed by atoms with Gasteiger partial charge < -0.3 is 0 Å². The van der Waals surface area contributed by atoms with Gasteiger partial charge in [-0.2, -0.15) is 0 Å². The number of rotatable bonds is 0. The Labute approximate surface area is 102 Å². The summed E-state index contributed by atoms with van der Waals surface area (Å²) in [6.07, 6.45) is 4.31. The molecule has 0 aromatic heterocycles. The van der Waals surface area contributed by atoms with Crippen LogP contribution >= 0.6 is 24.6 Å². The maximum absolute atomic E-state index is 3.26. The summed E-state index contributed by atoms with van der Waals surface area (Å²) in [7, 11) is 0. The molecule has 0 spiro atoms. The molecular formula is C10H9Br2Hf. The van der Waals surface area contributed by atoms with Crippen molar-refractivity contribution in [3.8, 4) is 0 Å². The Bertz CT molecular complexity index is 297. The predicted octanol–water partition coefficient (Wildman–Crippen LogP) is 4.34. The molecule has 0 bridgehead atoms. The molecule has 0 unspecified atom stereocenters. The molecule has 1 aromatic rings. The van der Waals surface area contributed by atoms with Gasteiger partial charge in [0, 0.05) is 5.92 Å². The van der Waals surface area contributed by atoms with E-state index in [0.717, 1.165) is 0 Å². The number of hydrogen-bond acceptors (Lipinski definition) is 0. The molecule has 0 fully saturated rings. The first kappa shape index (κ1) is 11.9. The molecule has 0 saturated heterocycles. The van der Waals surface area contributed by atoms with Gasteiger partial charge in [0.25, 0.3) is 0 Å². The summed E-state index contributed by atoms with van der Waals surface area (Å²) in [4.78, 5) is 0. The van der Waals surface area contributed by atoms with Crippen LogP contribution in [0.1, 0.15) is 18.1 Å². The summed E-state index contributed by atoms with van der Waals surface area (Å²) in [6, 6.07) is 8.45. The normalized spacial score (nSPS) is 13.2. The average Bonchev–Trinajstić information content (AvgIpc) is 2.50. The fraction of sp³-hybridized carbons (Fsp3) is 0.100. The van der Waals surface area contributed by atoms with Crippen LogP contribution in [0, 0.1) is 5.92 Å². The Hall–Kier alpha value is 0.790. The van der Waals surface area contributed by atoms with Gasteiger partial charge in [-0.3, -0.25) is 0 Å². The van der Waals surface area contributed by atoms with Crippen LogP contribution in [-0.2, 0) is 18.2 Å². The van der Waals surface area contributed by atoms with Gasteiger partial charge in [-0.05, 0) is 11.1 Å². The van der Waals surface area contributed by atoms with Crippen LogP contribution in [0.15, 0.2) is 30.3 Å². The Balaban J connectivity index is 0.000000251. The zero-order valence-electron chi connectivity index (χ0n) is 7.22. The first-order valence-corrected chi connectivity index (χ1v) is 19.6. The molecule has 1 aliphatic carbocycles. The Morgan fingerprint density at radius 3 is 2.31 bits per heavy atom. The molecule has 0 atom stereocenters. The molecule has 0 N–H and O–H groups in total. The van der Waals surface area contributed by atoms with Crippen LogP contribution in [0.2, 0.25) is 0 Å². The van der Waals surface area contributed by atoms with Gasteiger partial charge in [0.2, 0.25) is 0 Å². The van der Waals surface area contributed by atoms with E-state index in [-0.39, 0.29) is 18.2 Å². The number of hydrogen-bond donors (Lipinski definition) is 0. The number of benzene rings is 1. The molecule has 0 heterocycles. The maximum atomic E-state index is 3.26. The van der Waals surface area contributed by atoms with E-state index in [2.05, 4.69) is 67.9 Å².